The molecule has 0 aliphatic heterocycles. The lowest BCUT2D eigenvalue weighted by Crippen LogP contribution is -2.01. The second-order valence-electron chi connectivity index (χ2n) is 4.12. The Labute approximate surface area is 127 Å². The third-order valence-corrected chi connectivity index (χ3v) is 4.01. The van der Waals surface area contributed by atoms with E-state index in [2.05, 4.69) is 9.97 Å². The van der Waals surface area contributed by atoms with E-state index in [0.29, 0.717) is 14.9 Å². The van der Waals surface area contributed by atoms with Crippen LogP contribution in [0, 0.1) is 14.2 Å². The van der Waals surface area contributed by atoms with Crippen LogP contribution in [0.1, 0.15) is 5.69 Å². The van der Waals surface area contributed by atoms with Crippen molar-refractivity contribution < 1.29 is 4.39 Å². The molecule has 1 N–H and O–H groups in total. The zero-order valence-corrected chi connectivity index (χ0v) is 12.7. The van der Waals surface area contributed by atoms with Crippen LogP contribution >= 0.6 is 34.8 Å². The standard InChI is InChI=1S/C13H9FIN3S/c14-9-5-12-11(6-10(9)15)17-13(19)18(12)7-8-3-1-2-4-16-8/h1-6H,7H2,(H,17,19). The fourth-order valence-corrected chi connectivity index (χ4v) is 2.70. The Bertz CT molecular complexity index is 795. The number of hydrogen-bond donors (Lipinski definition) is 1. The van der Waals surface area contributed by atoms with Gasteiger partial charge in [0.1, 0.15) is 5.82 Å². The normalized spacial score (nSPS) is 11.1. The minimum Gasteiger partial charge on any atom is -0.331 e. The maximum absolute atomic E-state index is 13.7. The minimum atomic E-state index is -0.239. The second kappa shape index (κ2) is 5.01. The number of imidazole rings is 1. The predicted octanol–water partition coefficient (Wildman–Crippen LogP) is 3.89. The predicted molar refractivity (Wildman–Crippen MR) is 83.1 cm³/mol. The van der Waals surface area contributed by atoms with Crippen LogP contribution in [-0.2, 0) is 6.54 Å². The van der Waals surface area contributed by atoms with Crippen LogP contribution in [0.4, 0.5) is 4.39 Å². The van der Waals surface area contributed by atoms with Crippen molar-refractivity contribution in [1.82, 2.24) is 14.5 Å². The first-order valence-corrected chi connectivity index (χ1v) is 7.11. The van der Waals surface area contributed by atoms with Gasteiger partial charge in [0.2, 0.25) is 0 Å². The third-order valence-electron chi connectivity index (χ3n) is 2.86. The molecule has 0 aliphatic carbocycles. The summed E-state index contributed by atoms with van der Waals surface area (Å²) in [7, 11) is 0. The molecule has 2 heterocycles. The van der Waals surface area contributed by atoms with Gasteiger partial charge in [0.15, 0.2) is 4.77 Å². The molecule has 0 spiro atoms. The van der Waals surface area contributed by atoms with Crippen molar-refractivity contribution in [2.75, 3.05) is 0 Å². The number of fused-ring (bicyclic) bond motifs is 1. The quantitative estimate of drug-likeness (QED) is 0.537. The Kier molecular flexibility index (Phi) is 3.36. The zero-order chi connectivity index (χ0) is 13.4. The van der Waals surface area contributed by atoms with Crippen molar-refractivity contribution in [2.45, 2.75) is 6.54 Å². The topological polar surface area (TPSA) is 33.6 Å². The van der Waals surface area contributed by atoms with Crippen molar-refractivity contribution in [3.05, 3.63) is 56.4 Å². The fourth-order valence-electron chi connectivity index (χ4n) is 1.96. The largest absolute Gasteiger partial charge is 0.331 e. The first-order chi connectivity index (χ1) is 9.15. The number of benzene rings is 1. The summed E-state index contributed by atoms with van der Waals surface area (Å²) < 4.78 is 16.7. The summed E-state index contributed by atoms with van der Waals surface area (Å²) in [5.74, 6) is -0.239. The Balaban J connectivity index is 2.16. The molecule has 3 aromatic rings. The van der Waals surface area contributed by atoms with Crippen LogP contribution in [0.15, 0.2) is 36.5 Å². The summed E-state index contributed by atoms with van der Waals surface area (Å²) in [5.41, 5.74) is 2.48. The number of hydrogen-bond acceptors (Lipinski definition) is 2. The van der Waals surface area contributed by atoms with E-state index in [-0.39, 0.29) is 5.82 Å². The Morgan fingerprint density at radius 2 is 2.21 bits per heavy atom. The molecule has 0 radical (unpaired) electrons. The third kappa shape index (κ3) is 2.42. The van der Waals surface area contributed by atoms with Gasteiger partial charge in [-0.3, -0.25) is 4.98 Å². The summed E-state index contributed by atoms with van der Waals surface area (Å²) in [6.45, 7) is 0.527. The van der Waals surface area contributed by atoms with Crippen molar-refractivity contribution in [3.8, 4) is 0 Å². The summed E-state index contributed by atoms with van der Waals surface area (Å²) in [6.07, 6.45) is 1.73. The van der Waals surface area contributed by atoms with Crippen LogP contribution in [0.5, 0.6) is 0 Å². The van der Waals surface area contributed by atoms with Crippen LogP contribution in [0.2, 0.25) is 0 Å². The SMILES string of the molecule is Fc1cc2c(cc1I)[nH]c(=S)n2Cc1ccccn1. The van der Waals surface area contributed by atoms with Gasteiger partial charge in [-0.15, -0.1) is 0 Å². The van der Waals surface area contributed by atoms with Gasteiger partial charge in [-0.25, -0.2) is 4.39 Å². The van der Waals surface area contributed by atoms with Crippen LogP contribution in [0.25, 0.3) is 11.0 Å². The minimum absolute atomic E-state index is 0.239. The van der Waals surface area contributed by atoms with Crippen molar-refractivity contribution in [3.63, 3.8) is 0 Å². The molecule has 1 aromatic carbocycles. The van der Waals surface area contributed by atoms with Gasteiger partial charge in [0, 0.05) is 12.3 Å². The number of nitrogens with one attached hydrogen (secondary N) is 1. The van der Waals surface area contributed by atoms with Gasteiger partial charge < -0.3 is 9.55 Å². The molecule has 96 valence electrons. The van der Waals surface area contributed by atoms with Gasteiger partial charge in [0.05, 0.1) is 26.8 Å². The first-order valence-electron chi connectivity index (χ1n) is 5.62. The number of pyridine rings is 1. The van der Waals surface area contributed by atoms with E-state index in [1.54, 1.807) is 12.3 Å². The number of rotatable bonds is 2. The highest BCUT2D eigenvalue weighted by Gasteiger charge is 2.09. The molecule has 19 heavy (non-hydrogen) atoms. The molecule has 0 unspecified atom stereocenters. The molecule has 0 saturated carbocycles. The highest BCUT2D eigenvalue weighted by atomic mass is 127. The van der Waals surface area contributed by atoms with E-state index in [9.17, 15) is 4.39 Å². The molecule has 0 saturated heterocycles. The smallest absolute Gasteiger partial charge is 0.178 e. The zero-order valence-electron chi connectivity index (χ0n) is 9.73. The van der Waals surface area contributed by atoms with E-state index in [1.165, 1.54) is 6.07 Å². The summed E-state index contributed by atoms with van der Waals surface area (Å²) in [6, 6.07) is 8.97. The highest BCUT2D eigenvalue weighted by Crippen LogP contribution is 2.21. The van der Waals surface area contributed by atoms with Gasteiger partial charge in [-0.2, -0.15) is 0 Å². The fraction of sp³-hybridized carbons (Fsp3) is 0.0769. The molecule has 3 nitrogen and oxygen atoms in total. The van der Waals surface area contributed by atoms with E-state index in [4.69, 9.17) is 12.2 Å². The summed E-state index contributed by atoms with van der Waals surface area (Å²) in [5, 5.41) is 0. The van der Waals surface area contributed by atoms with Crippen LogP contribution in [0.3, 0.4) is 0 Å². The average Bonchev–Trinajstić information content (AvgIpc) is 2.68. The number of halogens is 2. The number of nitrogens with zero attached hydrogens (tertiary/aromatic N) is 2. The molecule has 0 amide bonds. The lowest BCUT2D eigenvalue weighted by atomic mass is 10.3. The molecule has 6 heteroatoms. The molecule has 0 bridgehead atoms. The first kappa shape index (κ1) is 12.7. The molecule has 3 rings (SSSR count). The Hall–Kier alpha value is -1.28. The van der Waals surface area contributed by atoms with Crippen molar-refractivity contribution >= 4 is 45.8 Å². The van der Waals surface area contributed by atoms with Crippen molar-refractivity contribution in [1.29, 1.82) is 0 Å². The molecule has 0 atom stereocenters. The highest BCUT2D eigenvalue weighted by molar-refractivity contribution is 14.1. The Morgan fingerprint density at radius 1 is 1.37 bits per heavy atom. The maximum Gasteiger partial charge on any atom is 0.178 e. The van der Waals surface area contributed by atoms with Crippen LogP contribution in [-0.4, -0.2) is 14.5 Å². The van der Waals surface area contributed by atoms with E-state index >= 15 is 0 Å². The molecule has 2 aromatic heterocycles. The lowest BCUT2D eigenvalue weighted by molar-refractivity contribution is 0.621. The van der Waals surface area contributed by atoms with Gasteiger partial charge in [-0.05, 0) is 53.0 Å². The lowest BCUT2D eigenvalue weighted by Gasteiger charge is -2.04. The van der Waals surface area contributed by atoms with Gasteiger partial charge in [0.25, 0.3) is 0 Å². The summed E-state index contributed by atoms with van der Waals surface area (Å²) in [4.78, 5) is 7.36. The van der Waals surface area contributed by atoms with Gasteiger partial charge in [-0.1, -0.05) is 6.07 Å². The summed E-state index contributed by atoms with van der Waals surface area (Å²) >= 11 is 7.26. The molecular formula is C13H9FIN3S. The maximum atomic E-state index is 13.7. The van der Waals surface area contributed by atoms with Gasteiger partial charge >= 0.3 is 0 Å². The van der Waals surface area contributed by atoms with E-state index < -0.39 is 0 Å². The number of aromatic amines is 1. The Morgan fingerprint density at radius 3 is 2.95 bits per heavy atom. The molecule has 0 fully saturated rings. The molecule has 0 aliphatic rings. The van der Waals surface area contributed by atoms with E-state index in [1.807, 2.05) is 45.4 Å². The van der Waals surface area contributed by atoms with Crippen molar-refractivity contribution in [2.24, 2.45) is 0 Å². The van der Waals surface area contributed by atoms with E-state index in [0.717, 1.165) is 16.7 Å². The number of aromatic nitrogens is 3. The molecular weight excluding hydrogens is 376 g/mol. The second-order valence-corrected chi connectivity index (χ2v) is 5.67. The monoisotopic (exact) mass is 385 g/mol. The number of H-pyrrole nitrogens is 1. The average molecular weight is 385 g/mol. The van der Waals surface area contributed by atoms with Crippen LogP contribution < -0.4 is 0 Å².